The zero-order valence-electron chi connectivity index (χ0n) is 14.8. The number of hydrogen-bond donors (Lipinski definition) is 1. The fourth-order valence-corrected chi connectivity index (χ4v) is 2.97. The maximum absolute atomic E-state index is 12.8. The van der Waals surface area contributed by atoms with E-state index in [0.717, 1.165) is 10.5 Å². The van der Waals surface area contributed by atoms with Crippen LogP contribution in [0.25, 0.3) is 6.08 Å². The first-order chi connectivity index (χ1) is 11.9. The van der Waals surface area contributed by atoms with Gasteiger partial charge in [0.05, 0.1) is 26.8 Å². The Hall–Kier alpha value is -2.79. The number of rotatable bonds is 4. The quantitative estimate of drug-likeness (QED) is 0.854. The highest BCUT2D eigenvalue weighted by Crippen LogP contribution is 2.40. The molecule has 0 amide bonds. The Morgan fingerprint density at radius 2 is 2.04 bits per heavy atom. The Labute approximate surface area is 147 Å². The van der Waals surface area contributed by atoms with Crippen LogP contribution < -0.4 is 19.5 Å². The number of Topliss-reactive ketones (excluding diaryl/α,β-unsaturated/α-hetero) is 1. The van der Waals surface area contributed by atoms with Crippen LogP contribution in [0.15, 0.2) is 36.1 Å². The number of carbonyl (C=O) groups is 1. The third-order valence-electron chi connectivity index (χ3n) is 4.13. The van der Waals surface area contributed by atoms with E-state index in [-0.39, 0.29) is 17.3 Å². The summed E-state index contributed by atoms with van der Waals surface area (Å²) in [5.41, 5.74) is 2.49. The number of ketones is 1. The fourth-order valence-electron chi connectivity index (χ4n) is 2.97. The maximum atomic E-state index is 12.8. The van der Waals surface area contributed by atoms with Gasteiger partial charge in [-0.15, -0.1) is 0 Å². The van der Waals surface area contributed by atoms with Gasteiger partial charge in [-0.1, -0.05) is 23.9 Å². The van der Waals surface area contributed by atoms with Gasteiger partial charge in [0.25, 0.3) is 0 Å². The summed E-state index contributed by atoms with van der Waals surface area (Å²) in [5.74, 6) is 1.06. The van der Waals surface area contributed by atoms with E-state index >= 15 is 0 Å². The van der Waals surface area contributed by atoms with Crippen LogP contribution in [0.2, 0.25) is 0 Å². The number of nitrogens with one attached hydrogen (secondary N) is 1. The van der Waals surface area contributed by atoms with E-state index in [4.69, 9.17) is 9.47 Å². The number of methoxy groups -OCH3 is 1. The zero-order valence-corrected chi connectivity index (χ0v) is 14.8. The minimum Gasteiger partial charge on any atom is -0.872 e. The molecule has 2 aromatic rings. The van der Waals surface area contributed by atoms with E-state index in [0.29, 0.717) is 34.7 Å². The molecule has 0 saturated carbocycles. The summed E-state index contributed by atoms with van der Waals surface area (Å²) in [6.45, 7) is 2.27. The van der Waals surface area contributed by atoms with E-state index in [1.807, 2.05) is 38.4 Å². The van der Waals surface area contributed by atoms with Crippen molar-refractivity contribution in [1.82, 2.24) is 0 Å². The third kappa shape index (κ3) is 3.23. The van der Waals surface area contributed by atoms with Gasteiger partial charge in [0.15, 0.2) is 5.76 Å². The summed E-state index contributed by atoms with van der Waals surface area (Å²) >= 11 is 0. The molecule has 0 fully saturated rings. The van der Waals surface area contributed by atoms with Crippen LogP contribution in [0.4, 0.5) is 0 Å². The molecule has 0 bridgehead atoms. The second-order valence-electron chi connectivity index (χ2n) is 6.47. The smallest absolute Gasteiger partial charge is 0.232 e. The van der Waals surface area contributed by atoms with Crippen LogP contribution in [-0.2, 0) is 6.54 Å². The topological polar surface area (TPSA) is 63.0 Å². The van der Waals surface area contributed by atoms with E-state index < -0.39 is 0 Å². The molecular weight excluding hydrogens is 318 g/mol. The monoisotopic (exact) mass is 339 g/mol. The minimum absolute atomic E-state index is 0.0899. The fraction of sp³-hybridized carbons (Fsp3) is 0.250. The highest BCUT2D eigenvalue weighted by Gasteiger charge is 2.32. The van der Waals surface area contributed by atoms with Gasteiger partial charge < -0.3 is 19.5 Å². The SMILES string of the molecule is COc1cccc(C=C2Oc3c(C[NH+](C)C)c([O-])cc(C)c3C2=O)c1. The van der Waals surface area contributed by atoms with Gasteiger partial charge in [0.1, 0.15) is 18.0 Å². The summed E-state index contributed by atoms with van der Waals surface area (Å²) < 4.78 is 11.1. The largest absolute Gasteiger partial charge is 0.872 e. The van der Waals surface area contributed by atoms with Crippen LogP contribution in [0, 0.1) is 6.92 Å². The Morgan fingerprint density at radius 3 is 2.72 bits per heavy atom. The molecule has 5 heteroatoms. The van der Waals surface area contributed by atoms with Crippen molar-refractivity contribution in [2.75, 3.05) is 21.2 Å². The number of quaternary nitrogens is 1. The van der Waals surface area contributed by atoms with E-state index in [1.54, 1.807) is 20.1 Å². The Balaban J connectivity index is 2.05. The molecule has 0 radical (unpaired) electrons. The molecule has 0 spiro atoms. The number of aryl methyl sites for hydroxylation is 1. The van der Waals surface area contributed by atoms with Gasteiger partial charge in [-0.2, -0.15) is 0 Å². The molecule has 0 unspecified atom stereocenters. The normalized spacial score (nSPS) is 14.8. The number of hydrogen-bond acceptors (Lipinski definition) is 4. The first-order valence-electron chi connectivity index (χ1n) is 8.11. The number of allylic oxidation sites excluding steroid dienone is 1. The molecule has 1 aliphatic heterocycles. The highest BCUT2D eigenvalue weighted by molar-refractivity contribution is 6.15. The van der Waals surface area contributed by atoms with Gasteiger partial charge >= 0.3 is 0 Å². The standard InChI is InChI=1S/C20H21NO4/c1-12-8-16(22)15(11-21(2)3)20-18(12)19(23)17(25-20)10-13-6-5-7-14(9-13)24-4/h5-10,22H,11H2,1-4H3. The van der Waals surface area contributed by atoms with Gasteiger partial charge in [-0.3, -0.25) is 4.79 Å². The molecule has 25 heavy (non-hydrogen) atoms. The Morgan fingerprint density at radius 1 is 1.28 bits per heavy atom. The molecule has 0 atom stereocenters. The molecule has 0 aromatic heterocycles. The van der Waals surface area contributed by atoms with Crippen LogP contribution in [-0.4, -0.2) is 27.0 Å². The lowest BCUT2D eigenvalue weighted by molar-refractivity contribution is -0.872. The van der Waals surface area contributed by atoms with Gasteiger partial charge in [-0.25, -0.2) is 0 Å². The summed E-state index contributed by atoms with van der Waals surface area (Å²) in [4.78, 5) is 13.9. The molecule has 1 aliphatic rings. The predicted octanol–water partition coefficient (Wildman–Crippen LogP) is 1.34. The van der Waals surface area contributed by atoms with Crippen LogP contribution >= 0.6 is 0 Å². The second kappa shape index (κ2) is 6.61. The van der Waals surface area contributed by atoms with Crippen molar-refractivity contribution in [3.63, 3.8) is 0 Å². The molecule has 2 aromatic carbocycles. The summed E-state index contributed by atoms with van der Waals surface area (Å²) in [6, 6.07) is 8.89. The number of ether oxygens (including phenoxy) is 2. The molecular formula is C20H21NO4. The molecule has 3 rings (SSSR count). The van der Waals surface area contributed by atoms with Crippen molar-refractivity contribution in [3.05, 3.63) is 58.3 Å². The van der Waals surface area contributed by atoms with Crippen LogP contribution in [0.1, 0.15) is 27.0 Å². The first-order valence-corrected chi connectivity index (χ1v) is 8.11. The van der Waals surface area contributed by atoms with Crippen molar-refractivity contribution >= 4 is 11.9 Å². The molecule has 0 aliphatic carbocycles. The van der Waals surface area contributed by atoms with Crippen LogP contribution in [0.3, 0.4) is 0 Å². The van der Waals surface area contributed by atoms with Crippen molar-refractivity contribution < 1.29 is 24.3 Å². The van der Waals surface area contributed by atoms with Crippen molar-refractivity contribution in [1.29, 1.82) is 0 Å². The average molecular weight is 339 g/mol. The third-order valence-corrected chi connectivity index (χ3v) is 4.13. The van der Waals surface area contributed by atoms with Crippen molar-refractivity contribution in [2.45, 2.75) is 13.5 Å². The lowest BCUT2D eigenvalue weighted by atomic mass is 9.99. The average Bonchev–Trinajstić information content (AvgIpc) is 2.88. The summed E-state index contributed by atoms with van der Waals surface area (Å²) in [6.07, 6.45) is 1.68. The van der Waals surface area contributed by atoms with Crippen LogP contribution in [0.5, 0.6) is 17.2 Å². The zero-order chi connectivity index (χ0) is 18.1. The van der Waals surface area contributed by atoms with Gasteiger partial charge in [0, 0.05) is 5.56 Å². The van der Waals surface area contributed by atoms with E-state index in [1.165, 1.54) is 6.07 Å². The highest BCUT2D eigenvalue weighted by atomic mass is 16.5. The summed E-state index contributed by atoms with van der Waals surface area (Å²) in [7, 11) is 5.50. The minimum atomic E-state index is -0.190. The predicted molar refractivity (Wildman–Crippen MR) is 93.1 cm³/mol. The van der Waals surface area contributed by atoms with E-state index in [9.17, 15) is 9.90 Å². The van der Waals surface area contributed by atoms with Crippen molar-refractivity contribution in [3.8, 4) is 17.2 Å². The molecule has 0 saturated heterocycles. The number of carbonyl (C=O) groups excluding carboxylic acids is 1. The maximum Gasteiger partial charge on any atom is 0.232 e. The first kappa shape index (κ1) is 17.0. The van der Waals surface area contributed by atoms with Crippen molar-refractivity contribution in [2.24, 2.45) is 0 Å². The molecule has 5 nitrogen and oxygen atoms in total. The molecule has 1 heterocycles. The molecule has 130 valence electrons. The Bertz CT molecular complexity index is 868. The lowest BCUT2D eigenvalue weighted by Crippen LogP contribution is -3.04. The van der Waals surface area contributed by atoms with Gasteiger partial charge in [-0.05, 0) is 36.3 Å². The molecule has 1 N–H and O–H groups in total. The van der Waals surface area contributed by atoms with E-state index in [2.05, 4.69) is 0 Å². The van der Waals surface area contributed by atoms with Gasteiger partial charge in [0.2, 0.25) is 5.78 Å². The second-order valence-corrected chi connectivity index (χ2v) is 6.47. The number of benzene rings is 2. The Kier molecular flexibility index (Phi) is 4.51. The number of fused-ring (bicyclic) bond motifs is 1. The summed E-state index contributed by atoms with van der Waals surface area (Å²) in [5, 5.41) is 12.3. The lowest BCUT2D eigenvalue weighted by Gasteiger charge is -2.19.